The molecule has 1 aromatic carbocycles. The molecule has 1 saturated heterocycles. The molecule has 2 amide bonds. The summed E-state index contributed by atoms with van der Waals surface area (Å²) < 4.78 is 5.86. The molecule has 2 N–H and O–H groups in total. The molecule has 0 aliphatic carbocycles. The molecule has 0 unspecified atom stereocenters. The Balaban J connectivity index is 1.91. The average Bonchev–Trinajstić information content (AvgIpc) is 2.94. The third kappa shape index (κ3) is 4.71. The summed E-state index contributed by atoms with van der Waals surface area (Å²) in [5.41, 5.74) is 2.14. The second-order valence-corrected chi connectivity index (χ2v) is 7.78. The van der Waals surface area contributed by atoms with Gasteiger partial charge in [0.25, 0.3) is 0 Å². The van der Waals surface area contributed by atoms with Crippen LogP contribution in [-0.2, 0) is 4.74 Å². The third-order valence-corrected chi connectivity index (χ3v) is 4.42. The Morgan fingerprint density at radius 3 is 2.65 bits per heavy atom. The molecular weight excluding hydrogens is 288 g/mol. The largest absolute Gasteiger partial charge is 0.377 e. The van der Waals surface area contributed by atoms with Gasteiger partial charge in [0.1, 0.15) is 0 Å². The van der Waals surface area contributed by atoms with Crippen LogP contribution in [0, 0.1) is 11.3 Å². The number of hydrogen-bond acceptors (Lipinski definition) is 2. The van der Waals surface area contributed by atoms with E-state index in [-0.39, 0.29) is 17.6 Å². The minimum atomic E-state index is -0.141. The number of rotatable bonds is 4. The fourth-order valence-corrected chi connectivity index (χ4v) is 3.30. The quantitative estimate of drug-likeness (QED) is 0.865. The first-order chi connectivity index (χ1) is 10.8. The molecule has 0 saturated carbocycles. The number of amides is 2. The number of hydrogen-bond donors (Lipinski definition) is 2. The highest BCUT2D eigenvalue weighted by Crippen LogP contribution is 2.34. The van der Waals surface area contributed by atoms with Crippen LogP contribution in [0.1, 0.15) is 52.5 Å². The van der Waals surface area contributed by atoms with Gasteiger partial charge in [-0.3, -0.25) is 0 Å². The van der Waals surface area contributed by atoms with E-state index in [1.807, 2.05) is 18.2 Å². The summed E-state index contributed by atoms with van der Waals surface area (Å²) in [4.78, 5) is 12.2. The van der Waals surface area contributed by atoms with E-state index in [0.717, 1.165) is 24.3 Å². The predicted molar refractivity (Wildman–Crippen MR) is 94.9 cm³/mol. The Labute approximate surface area is 140 Å². The first-order valence-corrected chi connectivity index (χ1v) is 8.54. The molecule has 0 radical (unpaired) electrons. The average molecular weight is 318 g/mol. The van der Waals surface area contributed by atoms with Crippen molar-refractivity contribution in [3.05, 3.63) is 29.8 Å². The predicted octanol–water partition coefficient (Wildman–Crippen LogP) is 4.38. The second kappa shape index (κ2) is 7.35. The van der Waals surface area contributed by atoms with Crippen molar-refractivity contribution < 1.29 is 9.53 Å². The van der Waals surface area contributed by atoms with E-state index in [4.69, 9.17) is 4.74 Å². The molecule has 4 heteroatoms. The Kier molecular flexibility index (Phi) is 5.69. The number of anilines is 1. The van der Waals surface area contributed by atoms with E-state index < -0.39 is 0 Å². The van der Waals surface area contributed by atoms with Gasteiger partial charge in [-0.1, -0.05) is 52.8 Å². The van der Waals surface area contributed by atoms with E-state index in [1.165, 1.54) is 0 Å². The Bertz CT molecular complexity index is 534. The maximum Gasteiger partial charge on any atom is 0.319 e. The van der Waals surface area contributed by atoms with Gasteiger partial charge in [0, 0.05) is 24.8 Å². The molecule has 0 bridgehead atoms. The Morgan fingerprint density at radius 1 is 1.30 bits per heavy atom. The van der Waals surface area contributed by atoms with Crippen LogP contribution in [0.4, 0.5) is 10.5 Å². The molecule has 23 heavy (non-hydrogen) atoms. The molecule has 0 aromatic heterocycles. The van der Waals surface area contributed by atoms with Crippen molar-refractivity contribution in [2.24, 2.45) is 11.3 Å². The van der Waals surface area contributed by atoms with Gasteiger partial charge >= 0.3 is 6.03 Å². The van der Waals surface area contributed by atoms with Crippen LogP contribution in [0.25, 0.3) is 0 Å². The first kappa shape index (κ1) is 17.8. The van der Waals surface area contributed by atoms with Gasteiger partial charge in [0.2, 0.25) is 0 Å². The zero-order valence-electron chi connectivity index (χ0n) is 15.0. The van der Waals surface area contributed by atoms with E-state index >= 15 is 0 Å². The number of nitrogens with one attached hydrogen (secondary N) is 2. The van der Waals surface area contributed by atoms with Crippen molar-refractivity contribution in [2.45, 2.75) is 53.1 Å². The molecule has 1 aliphatic rings. The maximum absolute atomic E-state index is 12.2. The summed E-state index contributed by atoms with van der Waals surface area (Å²) in [6.45, 7) is 12.3. The van der Waals surface area contributed by atoms with Gasteiger partial charge in [0.05, 0.1) is 6.10 Å². The van der Waals surface area contributed by atoms with Crippen molar-refractivity contribution in [1.82, 2.24) is 5.32 Å². The molecule has 2 atom stereocenters. The van der Waals surface area contributed by atoms with Crippen molar-refractivity contribution in [2.75, 3.05) is 18.5 Å². The summed E-state index contributed by atoms with van der Waals surface area (Å²) in [7, 11) is 0. The highest BCUT2D eigenvalue weighted by molar-refractivity contribution is 5.90. The topological polar surface area (TPSA) is 50.4 Å². The van der Waals surface area contributed by atoms with E-state index in [2.05, 4.69) is 51.3 Å². The highest BCUT2D eigenvalue weighted by atomic mass is 16.5. The number of carbonyl (C=O) groups is 1. The number of para-hydroxylation sites is 1. The van der Waals surface area contributed by atoms with Crippen LogP contribution in [0.3, 0.4) is 0 Å². The minimum Gasteiger partial charge on any atom is -0.377 e. The number of carbonyl (C=O) groups excluding carboxylic acids is 1. The van der Waals surface area contributed by atoms with Gasteiger partial charge in [-0.25, -0.2) is 4.79 Å². The molecule has 128 valence electrons. The van der Waals surface area contributed by atoms with E-state index in [0.29, 0.717) is 18.4 Å². The SMILES string of the molecule is CC(C)c1ccccc1NC(=O)NC[C@H]1CCO[C@@H]1C(C)(C)C. The smallest absolute Gasteiger partial charge is 0.319 e. The van der Waals surface area contributed by atoms with Crippen molar-refractivity contribution in [1.29, 1.82) is 0 Å². The van der Waals surface area contributed by atoms with Gasteiger partial charge in [0.15, 0.2) is 0 Å². The monoisotopic (exact) mass is 318 g/mol. The fourth-order valence-electron chi connectivity index (χ4n) is 3.30. The molecule has 1 aliphatic heterocycles. The summed E-state index contributed by atoms with van der Waals surface area (Å²) in [6.07, 6.45) is 1.20. The van der Waals surface area contributed by atoms with E-state index in [9.17, 15) is 4.79 Å². The molecule has 1 heterocycles. The summed E-state index contributed by atoms with van der Waals surface area (Å²) in [5, 5.41) is 5.99. The van der Waals surface area contributed by atoms with Gasteiger partial charge < -0.3 is 15.4 Å². The van der Waals surface area contributed by atoms with Crippen LogP contribution in [-0.4, -0.2) is 25.3 Å². The lowest BCUT2D eigenvalue weighted by molar-refractivity contribution is 0.00782. The van der Waals surface area contributed by atoms with Crippen molar-refractivity contribution in [3.8, 4) is 0 Å². The van der Waals surface area contributed by atoms with Crippen LogP contribution in [0.15, 0.2) is 24.3 Å². The molecular formula is C19H30N2O2. The molecule has 1 fully saturated rings. The van der Waals surface area contributed by atoms with Gasteiger partial charge in [-0.2, -0.15) is 0 Å². The third-order valence-electron chi connectivity index (χ3n) is 4.42. The molecule has 0 spiro atoms. The molecule has 2 rings (SSSR count). The van der Waals surface area contributed by atoms with Crippen LogP contribution >= 0.6 is 0 Å². The fraction of sp³-hybridized carbons (Fsp3) is 0.632. The molecule has 1 aromatic rings. The second-order valence-electron chi connectivity index (χ2n) is 7.78. The normalized spacial score (nSPS) is 21.5. The van der Waals surface area contributed by atoms with Crippen LogP contribution < -0.4 is 10.6 Å². The van der Waals surface area contributed by atoms with Crippen molar-refractivity contribution >= 4 is 11.7 Å². The first-order valence-electron chi connectivity index (χ1n) is 8.54. The minimum absolute atomic E-state index is 0.101. The number of ether oxygens (including phenoxy) is 1. The Morgan fingerprint density at radius 2 is 2.00 bits per heavy atom. The zero-order valence-corrected chi connectivity index (χ0v) is 15.0. The van der Waals surface area contributed by atoms with Crippen molar-refractivity contribution in [3.63, 3.8) is 0 Å². The lowest BCUT2D eigenvalue weighted by Crippen LogP contribution is -2.40. The number of urea groups is 1. The summed E-state index contributed by atoms with van der Waals surface area (Å²) >= 11 is 0. The summed E-state index contributed by atoms with van der Waals surface area (Å²) in [6, 6.07) is 7.81. The maximum atomic E-state index is 12.2. The Hall–Kier alpha value is -1.55. The highest BCUT2D eigenvalue weighted by Gasteiger charge is 2.37. The number of benzene rings is 1. The van der Waals surface area contributed by atoms with Gasteiger partial charge in [-0.05, 0) is 29.4 Å². The standard InChI is InChI=1S/C19H30N2O2/c1-13(2)15-8-6-7-9-16(15)21-18(22)20-12-14-10-11-23-17(14)19(3,4)5/h6-9,13-14,17H,10-12H2,1-5H3,(H2,20,21,22)/t14-,17+/m1/s1. The van der Waals surface area contributed by atoms with Crippen LogP contribution in [0.5, 0.6) is 0 Å². The van der Waals surface area contributed by atoms with E-state index in [1.54, 1.807) is 0 Å². The lowest BCUT2D eigenvalue weighted by atomic mass is 9.81. The van der Waals surface area contributed by atoms with Crippen LogP contribution in [0.2, 0.25) is 0 Å². The zero-order chi connectivity index (χ0) is 17.0. The molecule has 4 nitrogen and oxygen atoms in total. The summed E-state index contributed by atoms with van der Waals surface area (Å²) in [5.74, 6) is 0.751. The lowest BCUT2D eigenvalue weighted by Gasteiger charge is -2.31. The van der Waals surface area contributed by atoms with Gasteiger partial charge in [-0.15, -0.1) is 0 Å².